The molecule has 22 heavy (non-hydrogen) atoms. The SMILES string of the molecule is COc1ccc2cc(CNCc3ccccc3C)ccc2c1. The summed E-state index contributed by atoms with van der Waals surface area (Å²) >= 11 is 0. The Balaban J connectivity index is 1.68. The van der Waals surface area contributed by atoms with Gasteiger partial charge in [0.1, 0.15) is 5.75 Å². The van der Waals surface area contributed by atoms with Crippen LogP contribution < -0.4 is 10.1 Å². The van der Waals surface area contributed by atoms with E-state index in [9.17, 15) is 0 Å². The van der Waals surface area contributed by atoms with E-state index in [2.05, 4.69) is 66.8 Å². The van der Waals surface area contributed by atoms with Crippen molar-refractivity contribution in [2.24, 2.45) is 0 Å². The van der Waals surface area contributed by atoms with Gasteiger partial charge in [-0.25, -0.2) is 0 Å². The lowest BCUT2D eigenvalue weighted by Crippen LogP contribution is -2.13. The van der Waals surface area contributed by atoms with Gasteiger partial charge >= 0.3 is 0 Å². The second-order valence-electron chi connectivity index (χ2n) is 5.58. The summed E-state index contributed by atoms with van der Waals surface area (Å²) in [5.41, 5.74) is 3.99. The number of hydrogen-bond donors (Lipinski definition) is 1. The van der Waals surface area contributed by atoms with Crippen LogP contribution in [0.3, 0.4) is 0 Å². The van der Waals surface area contributed by atoms with Crippen LogP contribution in [-0.2, 0) is 13.1 Å². The normalized spacial score (nSPS) is 10.8. The summed E-state index contributed by atoms with van der Waals surface area (Å²) in [7, 11) is 1.70. The molecule has 0 aliphatic rings. The first kappa shape index (κ1) is 14.6. The fourth-order valence-electron chi connectivity index (χ4n) is 2.66. The number of aryl methyl sites for hydroxylation is 1. The number of fused-ring (bicyclic) bond motifs is 1. The molecule has 0 bridgehead atoms. The van der Waals surface area contributed by atoms with Crippen LogP contribution in [-0.4, -0.2) is 7.11 Å². The molecule has 2 nitrogen and oxygen atoms in total. The largest absolute Gasteiger partial charge is 0.497 e. The number of methoxy groups -OCH3 is 1. The Morgan fingerprint density at radius 2 is 1.64 bits per heavy atom. The van der Waals surface area contributed by atoms with Crippen molar-refractivity contribution in [2.45, 2.75) is 20.0 Å². The Morgan fingerprint density at radius 1 is 0.864 bits per heavy atom. The van der Waals surface area contributed by atoms with Gasteiger partial charge in [0.05, 0.1) is 7.11 Å². The second kappa shape index (κ2) is 6.63. The van der Waals surface area contributed by atoms with Gasteiger partial charge in [-0.3, -0.25) is 0 Å². The zero-order chi connectivity index (χ0) is 15.4. The summed E-state index contributed by atoms with van der Waals surface area (Å²) in [5.74, 6) is 0.901. The molecule has 0 aromatic heterocycles. The van der Waals surface area contributed by atoms with Crippen LogP contribution in [0.15, 0.2) is 60.7 Å². The minimum atomic E-state index is 0.871. The van der Waals surface area contributed by atoms with Gasteiger partial charge in [0.2, 0.25) is 0 Å². The molecule has 1 N–H and O–H groups in total. The molecule has 0 amide bonds. The van der Waals surface area contributed by atoms with Gasteiger partial charge in [-0.15, -0.1) is 0 Å². The average molecular weight is 291 g/mol. The van der Waals surface area contributed by atoms with Crippen molar-refractivity contribution < 1.29 is 4.74 Å². The van der Waals surface area contributed by atoms with Crippen LogP contribution >= 0.6 is 0 Å². The Bertz CT molecular complexity index is 780. The standard InChI is InChI=1S/C20H21NO/c1-15-5-3-4-6-19(15)14-21-13-16-7-8-18-12-20(22-2)10-9-17(18)11-16/h3-12,21H,13-14H2,1-2H3. The molecule has 0 aliphatic carbocycles. The third kappa shape index (κ3) is 3.29. The van der Waals surface area contributed by atoms with Crippen molar-refractivity contribution in [3.05, 3.63) is 77.4 Å². The molecule has 0 saturated carbocycles. The lowest BCUT2D eigenvalue weighted by molar-refractivity contribution is 0.415. The topological polar surface area (TPSA) is 21.3 Å². The fraction of sp³-hybridized carbons (Fsp3) is 0.200. The van der Waals surface area contributed by atoms with Crippen LogP contribution in [0.2, 0.25) is 0 Å². The number of ether oxygens (including phenoxy) is 1. The third-order valence-corrected chi connectivity index (χ3v) is 4.02. The molecule has 0 unspecified atom stereocenters. The van der Waals surface area contributed by atoms with Gasteiger partial charge in [0.15, 0.2) is 0 Å². The first-order valence-electron chi connectivity index (χ1n) is 7.58. The number of nitrogens with one attached hydrogen (secondary N) is 1. The molecule has 112 valence electrons. The van der Waals surface area contributed by atoms with Gasteiger partial charge in [0.25, 0.3) is 0 Å². The van der Waals surface area contributed by atoms with Crippen molar-refractivity contribution in [3.63, 3.8) is 0 Å². The second-order valence-corrected chi connectivity index (χ2v) is 5.58. The van der Waals surface area contributed by atoms with Crippen LogP contribution in [0.4, 0.5) is 0 Å². The molecule has 0 atom stereocenters. The summed E-state index contributed by atoms with van der Waals surface area (Å²) < 4.78 is 5.27. The van der Waals surface area contributed by atoms with Crippen LogP contribution in [0.25, 0.3) is 10.8 Å². The molecule has 2 heteroatoms. The molecule has 0 heterocycles. The molecule has 0 spiro atoms. The van der Waals surface area contributed by atoms with Crippen molar-refractivity contribution >= 4 is 10.8 Å². The highest BCUT2D eigenvalue weighted by Crippen LogP contribution is 2.21. The Hall–Kier alpha value is -2.32. The zero-order valence-electron chi connectivity index (χ0n) is 13.1. The van der Waals surface area contributed by atoms with E-state index in [0.29, 0.717) is 0 Å². The van der Waals surface area contributed by atoms with Crippen molar-refractivity contribution in [2.75, 3.05) is 7.11 Å². The predicted molar refractivity (Wildman–Crippen MR) is 92.2 cm³/mol. The van der Waals surface area contributed by atoms with Crippen molar-refractivity contribution in [3.8, 4) is 5.75 Å². The molecule has 0 saturated heterocycles. The first-order chi connectivity index (χ1) is 10.8. The van der Waals surface area contributed by atoms with Crippen LogP contribution in [0.1, 0.15) is 16.7 Å². The van der Waals surface area contributed by atoms with E-state index < -0.39 is 0 Å². The first-order valence-corrected chi connectivity index (χ1v) is 7.58. The molecule has 0 radical (unpaired) electrons. The highest BCUT2D eigenvalue weighted by Gasteiger charge is 2.00. The monoisotopic (exact) mass is 291 g/mol. The molecule has 3 aromatic rings. The van der Waals surface area contributed by atoms with Gasteiger partial charge in [-0.2, -0.15) is 0 Å². The third-order valence-electron chi connectivity index (χ3n) is 4.02. The number of rotatable bonds is 5. The van der Waals surface area contributed by atoms with Gasteiger partial charge in [-0.1, -0.05) is 42.5 Å². The molecular formula is C20H21NO. The van der Waals surface area contributed by atoms with E-state index in [-0.39, 0.29) is 0 Å². The summed E-state index contributed by atoms with van der Waals surface area (Å²) in [6.07, 6.45) is 0. The maximum absolute atomic E-state index is 5.27. The minimum absolute atomic E-state index is 0.871. The molecule has 0 aliphatic heterocycles. The van der Waals surface area contributed by atoms with E-state index in [1.807, 2.05) is 6.07 Å². The smallest absolute Gasteiger partial charge is 0.119 e. The zero-order valence-corrected chi connectivity index (χ0v) is 13.1. The van der Waals surface area contributed by atoms with E-state index in [1.165, 1.54) is 27.5 Å². The van der Waals surface area contributed by atoms with Gasteiger partial charge < -0.3 is 10.1 Å². The maximum Gasteiger partial charge on any atom is 0.119 e. The number of benzene rings is 3. The summed E-state index contributed by atoms with van der Waals surface area (Å²) in [6, 6.07) is 21.2. The molecule has 3 rings (SSSR count). The Kier molecular flexibility index (Phi) is 4.40. The van der Waals surface area contributed by atoms with Crippen molar-refractivity contribution in [1.29, 1.82) is 0 Å². The lowest BCUT2D eigenvalue weighted by Gasteiger charge is -2.09. The van der Waals surface area contributed by atoms with Crippen molar-refractivity contribution in [1.82, 2.24) is 5.32 Å². The fourth-order valence-corrected chi connectivity index (χ4v) is 2.66. The quantitative estimate of drug-likeness (QED) is 0.750. The van der Waals surface area contributed by atoms with Gasteiger partial charge in [-0.05, 0) is 52.6 Å². The minimum Gasteiger partial charge on any atom is -0.497 e. The molecular weight excluding hydrogens is 270 g/mol. The average Bonchev–Trinajstić information content (AvgIpc) is 2.56. The Labute approximate surface area is 131 Å². The number of hydrogen-bond acceptors (Lipinski definition) is 2. The highest BCUT2D eigenvalue weighted by molar-refractivity contribution is 5.84. The van der Waals surface area contributed by atoms with E-state index in [4.69, 9.17) is 4.74 Å². The van der Waals surface area contributed by atoms with Crippen LogP contribution in [0, 0.1) is 6.92 Å². The lowest BCUT2D eigenvalue weighted by atomic mass is 10.1. The summed E-state index contributed by atoms with van der Waals surface area (Å²) in [6.45, 7) is 3.92. The highest BCUT2D eigenvalue weighted by atomic mass is 16.5. The summed E-state index contributed by atoms with van der Waals surface area (Å²) in [4.78, 5) is 0. The maximum atomic E-state index is 5.27. The van der Waals surface area contributed by atoms with E-state index in [1.54, 1.807) is 7.11 Å². The van der Waals surface area contributed by atoms with E-state index >= 15 is 0 Å². The predicted octanol–water partition coefficient (Wildman–Crippen LogP) is 4.45. The van der Waals surface area contributed by atoms with Gasteiger partial charge in [0, 0.05) is 13.1 Å². The molecule has 3 aromatic carbocycles. The molecule has 0 fully saturated rings. The summed E-state index contributed by atoms with van der Waals surface area (Å²) in [5, 5.41) is 5.98. The Morgan fingerprint density at radius 3 is 2.45 bits per heavy atom. The van der Waals surface area contributed by atoms with Crippen LogP contribution in [0.5, 0.6) is 5.75 Å². The van der Waals surface area contributed by atoms with E-state index in [0.717, 1.165) is 18.8 Å².